The summed E-state index contributed by atoms with van der Waals surface area (Å²) in [6, 6.07) is 45.7. The maximum absolute atomic E-state index is 6.76. The maximum Gasteiger partial charge on any atom is 0.161 e. The van der Waals surface area contributed by atoms with Crippen molar-refractivity contribution in [3.05, 3.63) is 127 Å². The van der Waals surface area contributed by atoms with E-state index < -0.39 is 0 Å². The molecule has 2 nitrogen and oxygen atoms in total. The van der Waals surface area contributed by atoms with E-state index in [1.54, 1.807) is 0 Å². The lowest BCUT2D eigenvalue weighted by Gasteiger charge is -2.08. The standard InChI is InChI=1S/C36H21NOS/c1-2-11-25(12-3-1)37-31-16-7-6-13-28(31)36-34(37)29-15-8-14-26(35(29)38-36)24-17-18-27-30-19-22-9-4-5-10-23(22)20-33(30)39-32(27)21-24/h1-21H. The zero-order valence-corrected chi connectivity index (χ0v) is 21.7. The summed E-state index contributed by atoms with van der Waals surface area (Å²) in [5, 5.41) is 7.46. The Morgan fingerprint density at radius 3 is 2.15 bits per heavy atom. The van der Waals surface area contributed by atoms with Gasteiger partial charge in [-0.05, 0) is 64.9 Å². The Morgan fingerprint density at radius 2 is 1.26 bits per heavy atom. The van der Waals surface area contributed by atoms with Crippen molar-refractivity contribution >= 4 is 75.3 Å². The largest absolute Gasteiger partial charge is 0.453 e. The number of fused-ring (bicyclic) bond motifs is 9. The molecule has 182 valence electrons. The number of hydrogen-bond donors (Lipinski definition) is 0. The number of para-hydroxylation sites is 3. The lowest BCUT2D eigenvalue weighted by molar-refractivity contribution is 0.674. The van der Waals surface area contributed by atoms with Crippen molar-refractivity contribution in [2.75, 3.05) is 0 Å². The number of furan rings is 1. The highest BCUT2D eigenvalue weighted by molar-refractivity contribution is 7.25. The number of benzene rings is 6. The van der Waals surface area contributed by atoms with Gasteiger partial charge in [-0.3, -0.25) is 0 Å². The first-order chi connectivity index (χ1) is 19.3. The van der Waals surface area contributed by atoms with Gasteiger partial charge in [0.1, 0.15) is 11.1 Å². The fraction of sp³-hybridized carbons (Fsp3) is 0. The third-order valence-corrected chi connectivity index (χ3v) is 9.08. The van der Waals surface area contributed by atoms with Crippen LogP contribution in [0.3, 0.4) is 0 Å². The molecule has 3 heteroatoms. The second-order valence-electron chi connectivity index (χ2n) is 10.2. The van der Waals surface area contributed by atoms with Gasteiger partial charge in [-0.1, -0.05) is 78.9 Å². The molecule has 6 aromatic carbocycles. The summed E-state index contributed by atoms with van der Waals surface area (Å²) in [5.74, 6) is 0. The Kier molecular flexibility index (Phi) is 4.24. The van der Waals surface area contributed by atoms with Gasteiger partial charge in [0.2, 0.25) is 0 Å². The smallest absolute Gasteiger partial charge is 0.161 e. The van der Waals surface area contributed by atoms with Gasteiger partial charge in [0.15, 0.2) is 5.58 Å². The lowest BCUT2D eigenvalue weighted by atomic mass is 10.0. The molecule has 0 amide bonds. The molecule has 9 aromatic rings. The minimum Gasteiger partial charge on any atom is -0.453 e. The first-order valence-corrected chi connectivity index (χ1v) is 14.0. The minimum absolute atomic E-state index is 0.934. The summed E-state index contributed by atoms with van der Waals surface area (Å²) in [5.41, 5.74) is 7.58. The topological polar surface area (TPSA) is 18.1 Å². The number of nitrogens with zero attached hydrogens (tertiary/aromatic N) is 1. The average molecular weight is 516 g/mol. The molecule has 0 aliphatic carbocycles. The van der Waals surface area contributed by atoms with Gasteiger partial charge in [0, 0.05) is 42.2 Å². The first-order valence-electron chi connectivity index (χ1n) is 13.2. The van der Waals surface area contributed by atoms with Crippen molar-refractivity contribution in [1.82, 2.24) is 4.57 Å². The Hall–Kier alpha value is -4.86. The van der Waals surface area contributed by atoms with Crippen molar-refractivity contribution in [2.24, 2.45) is 0 Å². The lowest BCUT2D eigenvalue weighted by Crippen LogP contribution is -1.92. The molecule has 39 heavy (non-hydrogen) atoms. The van der Waals surface area contributed by atoms with E-state index in [-0.39, 0.29) is 0 Å². The second kappa shape index (κ2) is 7.83. The molecule has 0 saturated heterocycles. The van der Waals surface area contributed by atoms with Crippen molar-refractivity contribution in [3.8, 4) is 16.8 Å². The van der Waals surface area contributed by atoms with Crippen LogP contribution in [0.4, 0.5) is 0 Å². The molecule has 0 N–H and O–H groups in total. The zero-order valence-electron chi connectivity index (χ0n) is 20.9. The average Bonchev–Trinajstić information content (AvgIpc) is 3.64. The van der Waals surface area contributed by atoms with Crippen LogP contribution in [-0.4, -0.2) is 4.57 Å². The highest BCUT2D eigenvalue weighted by Crippen LogP contribution is 2.43. The van der Waals surface area contributed by atoms with E-state index in [1.807, 2.05) is 11.3 Å². The quantitative estimate of drug-likeness (QED) is 0.224. The molecule has 0 aliphatic heterocycles. The fourth-order valence-electron chi connectivity index (χ4n) is 6.19. The van der Waals surface area contributed by atoms with Crippen LogP contribution in [0.1, 0.15) is 0 Å². The highest BCUT2D eigenvalue weighted by atomic mass is 32.1. The fourth-order valence-corrected chi connectivity index (χ4v) is 7.37. The van der Waals surface area contributed by atoms with Crippen LogP contribution in [0.2, 0.25) is 0 Å². The van der Waals surface area contributed by atoms with Crippen molar-refractivity contribution < 1.29 is 4.42 Å². The van der Waals surface area contributed by atoms with Gasteiger partial charge < -0.3 is 8.98 Å². The number of rotatable bonds is 2. The molecule has 3 aromatic heterocycles. The van der Waals surface area contributed by atoms with E-state index in [2.05, 4.69) is 132 Å². The highest BCUT2D eigenvalue weighted by Gasteiger charge is 2.21. The van der Waals surface area contributed by atoms with E-state index in [9.17, 15) is 0 Å². The van der Waals surface area contributed by atoms with Crippen LogP contribution < -0.4 is 0 Å². The predicted molar refractivity (Wildman–Crippen MR) is 166 cm³/mol. The molecular weight excluding hydrogens is 494 g/mol. The molecule has 0 bridgehead atoms. The van der Waals surface area contributed by atoms with E-state index >= 15 is 0 Å². The zero-order chi connectivity index (χ0) is 25.5. The molecule has 0 aliphatic rings. The van der Waals surface area contributed by atoms with Crippen LogP contribution in [0.25, 0.3) is 80.7 Å². The van der Waals surface area contributed by atoms with E-state index in [0.717, 1.165) is 44.2 Å². The molecule has 0 unspecified atom stereocenters. The van der Waals surface area contributed by atoms with Crippen LogP contribution >= 0.6 is 11.3 Å². The van der Waals surface area contributed by atoms with Gasteiger partial charge in [-0.15, -0.1) is 11.3 Å². The van der Waals surface area contributed by atoms with Crippen LogP contribution in [-0.2, 0) is 0 Å². The van der Waals surface area contributed by atoms with Gasteiger partial charge in [0.05, 0.1) is 5.52 Å². The summed E-state index contributed by atoms with van der Waals surface area (Å²) in [6.45, 7) is 0. The van der Waals surface area contributed by atoms with Gasteiger partial charge in [0.25, 0.3) is 0 Å². The van der Waals surface area contributed by atoms with Crippen molar-refractivity contribution in [2.45, 2.75) is 0 Å². The van der Waals surface area contributed by atoms with Crippen molar-refractivity contribution in [3.63, 3.8) is 0 Å². The first kappa shape index (κ1) is 21.1. The summed E-state index contributed by atoms with van der Waals surface area (Å²) in [4.78, 5) is 0. The molecule has 0 saturated carbocycles. The van der Waals surface area contributed by atoms with Gasteiger partial charge >= 0.3 is 0 Å². The molecular formula is C36H21NOS. The Morgan fingerprint density at radius 1 is 0.513 bits per heavy atom. The second-order valence-corrected chi connectivity index (χ2v) is 11.2. The monoisotopic (exact) mass is 515 g/mol. The number of aromatic nitrogens is 1. The molecule has 0 atom stereocenters. The van der Waals surface area contributed by atoms with E-state index in [4.69, 9.17) is 4.42 Å². The summed E-state index contributed by atoms with van der Waals surface area (Å²) < 4.78 is 11.7. The van der Waals surface area contributed by atoms with Crippen LogP contribution in [0, 0.1) is 0 Å². The third-order valence-electron chi connectivity index (χ3n) is 7.97. The van der Waals surface area contributed by atoms with Crippen LogP contribution in [0.5, 0.6) is 0 Å². The van der Waals surface area contributed by atoms with Crippen LogP contribution in [0.15, 0.2) is 132 Å². The van der Waals surface area contributed by atoms with E-state index in [1.165, 1.54) is 36.5 Å². The summed E-state index contributed by atoms with van der Waals surface area (Å²) in [6.07, 6.45) is 0. The Balaban J connectivity index is 1.31. The summed E-state index contributed by atoms with van der Waals surface area (Å²) >= 11 is 1.86. The normalized spacial score (nSPS) is 12.1. The molecule has 9 rings (SSSR count). The minimum atomic E-state index is 0.934. The molecule has 0 fully saturated rings. The molecule has 0 radical (unpaired) electrons. The summed E-state index contributed by atoms with van der Waals surface area (Å²) in [7, 11) is 0. The molecule has 0 spiro atoms. The van der Waals surface area contributed by atoms with E-state index in [0.29, 0.717) is 0 Å². The van der Waals surface area contributed by atoms with Crippen molar-refractivity contribution in [1.29, 1.82) is 0 Å². The SMILES string of the molecule is c1ccc(-n2c3ccccc3c3oc4c(-c5ccc6c(c5)sc5cc7ccccc7cc56)cccc4c32)cc1. The Bertz CT molecular complexity index is 2390. The number of hydrogen-bond acceptors (Lipinski definition) is 2. The molecule has 3 heterocycles. The maximum atomic E-state index is 6.76. The predicted octanol–water partition coefficient (Wildman–Crippen LogP) is 10.7. The third kappa shape index (κ3) is 2.96. The van der Waals surface area contributed by atoms with Gasteiger partial charge in [-0.25, -0.2) is 0 Å². The Labute approximate surface area is 227 Å². The van der Waals surface area contributed by atoms with Gasteiger partial charge in [-0.2, -0.15) is 0 Å². The number of thiophene rings is 1.